The van der Waals surface area contributed by atoms with Crippen molar-refractivity contribution in [3.63, 3.8) is 0 Å². The molecule has 2 aromatic rings. The summed E-state index contributed by atoms with van der Waals surface area (Å²) in [5, 5.41) is 13.5. The number of hydrogen-bond acceptors (Lipinski definition) is 3. The smallest absolute Gasteiger partial charge is 0.311 e. The monoisotopic (exact) mass is 291 g/mol. The van der Waals surface area contributed by atoms with Crippen LogP contribution in [0.1, 0.15) is 31.2 Å². The number of aromatic nitrogens is 3. The van der Waals surface area contributed by atoms with E-state index in [0.717, 1.165) is 0 Å². The van der Waals surface area contributed by atoms with Crippen molar-refractivity contribution in [2.45, 2.75) is 32.7 Å². The summed E-state index contributed by atoms with van der Waals surface area (Å²) in [6.07, 6.45) is 1.66. The molecule has 0 aliphatic carbocycles. The average molecular weight is 291 g/mol. The second-order valence-electron chi connectivity index (χ2n) is 5.40. The molecule has 0 bridgehead atoms. The Morgan fingerprint density at radius 1 is 1.33 bits per heavy atom. The second kappa shape index (κ2) is 6.47. The van der Waals surface area contributed by atoms with Crippen LogP contribution in [-0.4, -0.2) is 25.8 Å². The van der Waals surface area contributed by atoms with E-state index in [1.54, 1.807) is 4.68 Å². The lowest BCUT2D eigenvalue weighted by molar-refractivity contribution is -0.138. The first kappa shape index (κ1) is 15.2. The van der Waals surface area contributed by atoms with Crippen LogP contribution in [0.3, 0.4) is 0 Å². The molecule has 0 fully saturated rings. The van der Waals surface area contributed by atoms with E-state index in [2.05, 4.69) is 23.9 Å². The summed E-state index contributed by atoms with van der Waals surface area (Å²) in [7, 11) is 0. The number of carboxylic acid groups (broad SMARTS) is 1. The molecule has 0 saturated carbocycles. The molecule has 6 heteroatoms. The number of halogens is 1. The van der Waals surface area contributed by atoms with Crippen molar-refractivity contribution < 1.29 is 14.3 Å². The van der Waals surface area contributed by atoms with Crippen LogP contribution in [0.5, 0.6) is 0 Å². The van der Waals surface area contributed by atoms with Crippen LogP contribution >= 0.6 is 0 Å². The van der Waals surface area contributed by atoms with E-state index >= 15 is 0 Å². The van der Waals surface area contributed by atoms with Gasteiger partial charge in [-0.1, -0.05) is 26.0 Å². The fourth-order valence-electron chi connectivity index (χ4n) is 2.17. The zero-order valence-corrected chi connectivity index (χ0v) is 12.0. The van der Waals surface area contributed by atoms with Crippen molar-refractivity contribution >= 4 is 5.97 Å². The number of hydrogen-bond donors (Lipinski definition) is 1. The molecule has 1 unspecified atom stereocenters. The summed E-state index contributed by atoms with van der Waals surface area (Å²) >= 11 is 0. The molecule has 5 nitrogen and oxygen atoms in total. The lowest BCUT2D eigenvalue weighted by atomic mass is 9.95. The van der Waals surface area contributed by atoms with Crippen LogP contribution in [0.2, 0.25) is 0 Å². The Morgan fingerprint density at radius 3 is 2.57 bits per heavy atom. The molecule has 1 N–H and O–H groups in total. The van der Waals surface area contributed by atoms with Gasteiger partial charge in [0.2, 0.25) is 0 Å². The second-order valence-corrected chi connectivity index (χ2v) is 5.40. The molecule has 1 heterocycles. The zero-order valence-electron chi connectivity index (χ0n) is 12.0. The molecule has 1 aromatic carbocycles. The van der Waals surface area contributed by atoms with E-state index in [-0.39, 0.29) is 12.2 Å². The number of carbonyl (C=O) groups is 1. The topological polar surface area (TPSA) is 68.0 Å². The summed E-state index contributed by atoms with van der Waals surface area (Å²) in [6.45, 7) is 4.80. The number of nitrogens with zero attached hydrogens (tertiary/aromatic N) is 3. The summed E-state index contributed by atoms with van der Waals surface area (Å²) in [6, 6.07) is 5.53. The molecule has 0 saturated heterocycles. The highest BCUT2D eigenvalue weighted by molar-refractivity contribution is 5.76. The normalized spacial score (nSPS) is 12.6. The molecule has 0 radical (unpaired) electrons. The Bertz CT molecular complexity index is 608. The lowest BCUT2D eigenvalue weighted by Crippen LogP contribution is -2.18. The van der Waals surface area contributed by atoms with Gasteiger partial charge in [-0.2, -0.15) is 5.10 Å². The molecule has 0 aliphatic heterocycles. The van der Waals surface area contributed by atoms with Crippen LogP contribution in [0.15, 0.2) is 30.6 Å². The van der Waals surface area contributed by atoms with Gasteiger partial charge in [0.25, 0.3) is 0 Å². The lowest BCUT2D eigenvalue weighted by Gasteiger charge is -2.14. The van der Waals surface area contributed by atoms with Gasteiger partial charge in [-0.3, -0.25) is 4.79 Å². The van der Waals surface area contributed by atoms with Gasteiger partial charge in [-0.15, -0.1) is 0 Å². The maximum atomic E-state index is 13.0. The van der Waals surface area contributed by atoms with E-state index in [4.69, 9.17) is 0 Å². The third kappa shape index (κ3) is 3.87. The number of benzene rings is 1. The van der Waals surface area contributed by atoms with Gasteiger partial charge in [0.1, 0.15) is 18.0 Å². The first-order valence-electron chi connectivity index (χ1n) is 6.82. The zero-order chi connectivity index (χ0) is 15.4. The van der Waals surface area contributed by atoms with E-state index in [9.17, 15) is 14.3 Å². The molecular formula is C15H18FN3O2. The van der Waals surface area contributed by atoms with Crippen molar-refractivity contribution in [2.24, 2.45) is 5.92 Å². The van der Waals surface area contributed by atoms with Crippen molar-refractivity contribution in [3.05, 3.63) is 47.8 Å². The highest BCUT2D eigenvalue weighted by Gasteiger charge is 2.23. The van der Waals surface area contributed by atoms with Gasteiger partial charge in [-0.05, 0) is 23.6 Å². The first-order valence-corrected chi connectivity index (χ1v) is 6.82. The predicted molar refractivity (Wildman–Crippen MR) is 75.3 cm³/mol. The van der Waals surface area contributed by atoms with E-state index in [0.29, 0.717) is 23.9 Å². The molecular weight excluding hydrogens is 273 g/mol. The predicted octanol–water partition coefficient (Wildman–Crippen LogP) is 2.48. The van der Waals surface area contributed by atoms with Gasteiger partial charge in [0, 0.05) is 13.0 Å². The Morgan fingerprint density at radius 2 is 2.00 bits per heavy atom. The number of rotatable bonds is 6. The minimum Gasteiger partial charge on any atom is -0.481 e. The highest BCUT2D eigenvalue weighted by Crippen LogP contribution is 2.21. The molecule has 2 rings (SSSR count). The molecule has 112 valence electrons. The Balaban J connectivity index is 2.23. The largest absolute Gasteiger partial charge is 0.481 e. The summed E-state index contributed by atoms with van der Waals surface area (Å²) in [5.41, 5.74) is 0.558. The Hall–Kier alpha value is -2.24. The minimum atomic E-state index is -0.958. The van der Waals surface area contributed by atoms with Gasteiger partial charge in [0.15, 0.2) is 0 Å². The molecule has 1 aromatic heterocycles. The van der Waals surface area contributed by atoms with Crippen LogP contribution in [0.25, 0.3) is 0 Å². The fraction of sp³-hybridized carbons (Fsp3) is 0.400. The van der Waals surface area contributed by atoms with Gasteiger partial charge in [-0.25, -0.2) is 14.1 Å². The van der Waals surface area contributed by atoms with Gasteiger partial charge in [0.05, 0.1) is 5.92 Å². The highest BCUT2D eigenvalue weighted by atomic mass is 19.1. The molecule has 1 atom stereocenters. The summed E-state index contributed by atoms with van der Waals surface area (Å²) < 4.78 is 14.7. The maximum absolute atomic E-state index is 13.0. The summed E-state index contributed by atoms with van der Waals surface area (Å²) in [5.74, 6) is -1.09. The van der Waals surface area contributed by atoms with E-state index in [1.165, 1.54) is 30.6 Å². The van der Waals surface area contributed by atoms with E-state index in [1.807, 2.05) is 0 Å². The van der Waals surface area contributed by atoms with Crippen LogP contribution < -0.4 is 0 Å². The molecule has 21 heavy (non-hydrogen) atoms. The fourth-order valence-corrected chi connectivity index (χ4v) is 2.17. The summed E-state index contributed by atoms with van der Waals surface area (Å²) in [4.78, 5) is 15.6. The van der Waals surface area contributed by atoms with Gasteiger partial charge < -0.3 is 5.11 Å². The van der Waals surface area contributed by atoms with Crippen molar-refractivity contribution in [2.75, 3.05) is 0 Å². The van der Waals surface area contributed by atoms with Gasteiger partial charge >= 0.3 is 5.97 Å². The minimum absolute atomic E-state index is 0.230. The van der Waals surface area contributed by atoms with Crippen molar-refractivity contribution in [1.29, 1.82) is 0 Å². The van der Waals surface area contributed by atoms with Crippen LogP contribution in [0, 0.1) is 11.7 Å². The van der Waals surface area contributed by atoms with Crippen LogP contribution in [0.4, 0.5) is 4.39 Å². The Kier molecular flexibility index (Phi) is 4.67. The Labute approximate surface area is 122 Å². The number of aliphatic carboxylic acids is 1. The quantitative estimate of drug-likeness (QED) is 0.887. The third-order valence-corrected chi connectivity index (χ3v) is 3.19. The molecule has 0 amide bonds. The SMILES string of the molecule is CC(C)Cn1ncnc1CC(C(=O)O)c1ccc(F)cc1. The first-order chi connectivity index (χ1) is 9.97. The van der Waals surface area contributed by atoms with E-state index < -0.39 is 11.9 Å². The van der Waals surface area contributed by atoms with Crippen molar-refractivity contribution in [1.82, 2.24) is 14.8 Å². The average Bonchev–Trinajstić information content (AvgIpc) is 2.83. The van der Waals surface area contributed by atoms with Crippen molar-refractivity contribution in [3.8, 4) is 0 Å². The molecule has 0 aliphatic rings. The standard InChI is InChI=1S/C15H18FN3O2/c1-10(2)8-19-14(17-9-18-19)7-13(15(20)21)11-3-5-12(16)6-4-11/h3-6,9-10,13H,7-8H2,1-2H3,(H,20,21). The van der Waals surface area contributed by atoms with Crippen LogP contribution in [-0.2, 0) is 17.8 Å². The number of carboxylic acids is 1. The maximum Gasteiger partial charge on any atom is 0.311 e. The molecule has 0 spiro atoms. The third-order valence-electron chi connectivity index (χ3n) is 3.19.